The summed E-state index contributed by atoms with van der Waals surface area (Å²) in [5.41, 5.74) is 1.94. The molecule has 130 valence electrons. The van der Waals surface area contributed by atoms with Crippen LogP contribution in [0.4, 0.5) is 10.5 Å². The van der Waals surface area contributed by atoms with Crippen LogP contribution in [-0.2, 0) is 11.3 Å². The fraction of sp³-hybridized carbons (Fsp3) is 0.381. The van der Waals surface area contributed by atoms with Crippen LogP contribution in [0.1, 0.15) is 18.4 Å². The Labute approximate surface area is 149 Å². The zero-order valence-corrected chi connectivity index (χ0v) is 14.4. The maximum atomic E-state index is 13.0. The average Bonchev–Trinajstić information content (AvgIpc) is 2.69. The molecule has 0 aromatic heterocycles. The van der Waals surface area contributed by atoms with Crippen molar-refractivity contribution in [2.45, 2.75) is 25.5 Å². The molecule has 3 aliphatic rings. The summed E-state index contributed by atoms with van der Waals surface area (Å²) in [5.74, 6) is 0.564. The summed E-state index contributed by atoms with van der Waals surface area (Å²) in [6.45, 7) is 3.57. The molecule has 2 aromatic rings. The van der Waals surface area contributed by atoms with Gasteiger partial charge in [0.05, 0.1) is 6.04 Å². The van der Waals surface area contributed by atoms with Crippen molar-refractivity contribution < 1.29 is 9.53 Å². The van der Waals surface area contributed by atoms with E-state index in [1.54, 1.807) is 0 Å². The molecule has 1 atom stereocenters. The first-order valence-corrected chi connectivity index (χ1v) is 9.08. The number of carbonyl (C=O) groups is 1. The fourth-order valence-electron chi connectivity index (χ4n) is 4.04. The lowest BCUT2D eigenvalue weighted by molar-refractivity contribution is 0.0778. The number of hydrogen-bond acceptors (Lipinski definition) is 3. The van der Waals surface area contributed by atoms with Crippen molar-refractivity contribution >= 4 is 11.8 Å². The minimum absolute atomic E-state index is 0.202. The highest BCUT2D eigenvalue weighted by atomic mass is 16.6. The number of carbonyl (C=O) groups excluding carboxylic acids is 1. The number of nitrogens with zero attached hydrogens (tertiary/aromatic N) is 2. The maximum Gasteiger partial charge on any atom is 0.414 e. The Hall–Kier alpha value is -2.33. The molecule has 1 amide bonds. The zero-order chi connectivity index (χ0) is 17.1. The van der Waals surface area contributed by atoms with E-state index in [2.05, 4.69) is 4.90 Å². The number of anilines is 1. The lowest BCUT2D eigenvalue weighted by atomic mass is 9.83. The number of para-hydroxylation sites is 1. The first kappa shape index (κ1) is 16.2. The smallest absolute Gasteiger partial charge is 0.414 e. The molecule has 2 aromatic carbocycles. The third-order valence-corrected chi connectivity index (χ3v) is 5.39. The van der Waals surface area contributed by atoms with Gasteiger partial charge in [-0.3, -0.25) is 4.90 Å². The van der Waals surface area contributed by atoms with Gasteiger partial charge in [0.15, 0.2) is 0 Å². The molecule has 0 N–H and O–H groups in total. The molecule has 0 radical (unpaired) electrons. The number of amides is 1. The zero-order valence-electron chi connectivity index (χ0n) is 14.4. The number of rotatable bonds is 4. The lowest BCUT2D eigenvalue weighted by Crippen LogP contribution is -2.59. The van der Waals surface area contributed by atoms with E-state index in [9.17, 15) is 4.79 Å². The van der Waals surface area contributed by atoms with Crippen molar-refractivity contribution in [2.75, 3.05) is 24.5 Å². The van der Waals surface area contributed by atoms with Crippen LogP contribution in [0.3, 0.4) is 0 Å². The van der Waals surface area contributed by atoms with Crippen LogP contribution in [-0.4, -0.2) is 36.7 Å². The topological polar surface area (TPSA) is 32.8 Å². The van der Waals surface area contributed by atoms with Gasteiger partial charge < -0.3 is 9.64 Å². The van der Waals surface area contributed by atoms with Crippen LogP contribution in [0.2, 0.25) is 0 Å². The van der Waals surface area contributed by atoms with Crippen LogP contribution in [0.25, 0.3) is 0 Å². The van der Waals surface area contributed by atoms with Crippen molar-refractivity contribution in [2.24, 2.45) is 5.92 Å². The molecular formula is C21H24N2O2. The molecule has 3 fully saturated rings. The Bertz CT molecular complexity index is 696. The first-order valence-electron chi connectivity index (χ1n) is 9.08. The van der Waals surface area contributed by atoms with E-state index >= 15 is 0 Å². The van der Waals surface area contributed by atoms with E-state index < -0.39 is 0 Å². The highest BCUT2D eigenvalue weighted by molar-refractivity contribution is 5.88. The second-order valence-electron chi connectivity index (χ2n) is 6.95. The first-order chi connectivity index (χ1) is 12.3. The van der Waals surface area contributed by atoms with Gasteiger partial charge in [0.2, 0.25) is 0 Å². The number of hydrogen-bond donors (Lipinski definition) is 0. The summed E-state index contributed by atoms with van der Waals surface area (Å²) in [4.78, 5) is 17.3. The van der Waals surface area contributed by atoms with Gasteiger partial charge >= 0.3 is 6.09 Å². The van der Waals surface area contributed by atoms with Gasteiger partial charge in [0.1, 0.15) is 6.61 Å². The van der Waals surface area contributed by atoms with E-state index in [4.69, 9.17) is 4.74 Å². The molecule has 3 heterocycles. The Morgan fingerprint density at radius 2 is 1.64 bits per heavy atom. The van der Waals surface area contributed by atoms with Gasteiger partial charge in [-0.1, -0.05) is 48.5 Å². The van der Waals surface area contributed by atoms with Crippen LogP contribution < -0.4 is 4.90 Å². The molecule has 2 bridgehead atoms. The molecule has 25 heavy (non-hydrogen) atoms. The van der Waals surface area contributed by atoms with E-state index in [0.29, 0.717) is 12.5 Å². The molecule has 0 spiro atoms. The van der Waals surface area contributed by atoms with Crippen LogP contribution in [0.15, 0.2) is 60.7 Å². The highest BCUT2D eigenvalue weighted by Crippen LogP contribution is 2.34. The van der Waals surface area contributed by atoms with E-state index in [1.807, 2.05) is 65.6 Å². The summed E-state index contributed by atoms with van der Waals surface area (Å²) in [6, 6.07) is 20.0. The second kappa shape index (κ2) is 7.28. The van der Waals surface area contributed by atoms with E-state index in [-0.39, 0.29) is 12.1 Å². The van der Waals surface area contributed by atoms with Crippen LogP contribution in [0, 0.1) is 5.92 Å². The molecule has 4 nitrogen and oxygen atoms in total. The van der Waals surface area contributed by atoms with Crippen LogP contribution in [0.5, 0.6) is 0 Å². The predicted octanol–water partition coefficient (Wildman–Crippen LogP) is 3.92. The molecule has 0 saturated carbocycles. The Balaban J connectivity index is 1.54. The molecular weight excluding hydrogens is 312 g/mol. The fourth-order valence-corrected chi connectivity index (χ4v) is 4.04. The summed E-state index contributed by atoms with van der Waals surface area (Å²) >= 11 is 0. The second-order valence-corrected chi connectivity index (χ2v) is 6.95. The molecule has 0 aliphatic carbocycles. The van der Waals surface area contributed by atoms with Crippen molar-refractivity contribution in [3.63, 3.8) is 0 Å². The molecule has 5 rings (SSSR count). The summed E-state index contributed by atoms with van der Waals surface area (Å²) in [5, 5.41) is 0. The highest BCUT2D eigenvalue weighted by Gasteiger charge is 2.40. The largest absolute Gasteiger partial charge is 0.444 e. The van der Waals surface area contributed by atoms with Crippen LogP contribution >= 0.6 is 0 Å². The third-order valence-electron chi connectivity index (χ3n) is 5.39. The minimum Gasteiger partial charge on any atom is -0.444 e. The SMILES string of the molecule is O=C(OCc1ccccc1)N(c1ccccc1)C1CN2CCC1CC2. The average molecular weight is 336 g/mol. The van der Waals surface area contributed by atoms with E-state index in [0.717, 1.165) is 30.9 Å². The maximum absolute atomic E-state index is 13.0. The number of ether oxygens (including phenoxy) is 1. The molecule has 4 heteroatoms. The summed E-state index contributed by atoms with van der Waals surface area (Å²) < 4.78 is 5.67. The van der Waals surface area contributed by atoms with Gasteiger partial charge in [-0.25, -0.2) is 4.79 Å². The van der Waals surface area contributed by atoms with Gasteiger partial charge in [-0.15, -0.1) is 0 Å². The van der Waals surface area contributed by atoms with E-state index in [1.165, 1.54) is 12.8 Å². The number of benzene rings is 2. The van der Waals surface area contributed by atoms with Gasteiger partial charge in [-0.05, 0) is 49.5 Å². The number of fused-ring (bicyclic) bond motifs is 3. The van der Waals surface area contributed by atoms with Crippen molar-refractivity contribution in [3.8, 4) is 0 Å². The Kier molecular flexibility index (Phi) is 4.70. The van der Waals surface area contributed by atoms with Crippen molar-refractivity contribution in [1.29, 1.82) is 0 Å². The Morgan fingerprint density at radius 1 is 1.00 bits per heavy atom. The lowest BCUT2D eigenvalue weighted by Gasteiger charge is -2.48. The van der Waals surface area contributed by atoms with Gasteiger partial charge in [-0.2, -0.15) is 0 Å². The quantitative estimate of drug-likeness (QED) is 0.848. The number of piperidine rings is 3. The standard InChI is InChI=1S/C21H24N2O2/c24-21(25-16-17-7-3-1-4-8-17)23(19-9-5-2-6-10-19)20-15-22-13-11-18(20)12-14-22/h1-10,18,20H,11-16H2. The molecule has 3 aliphatic heterocycles. The molecule has 3 saturated heterocycles. The normalized spacial score (nSPS) is 24.7. The third kappa shape index (κ3) is 3.54. The Morgan fingerprint density at radius 3 is 2.24 bits per heavy atom. The van der Waals surface area contributed by atoms with Crippen molar-refractivity contribution in [3.05, 3.63) is 66.2 Å². The monoisotopic (exact) mass is 336 g/mol. The van der Waals surface area contributed by atoms with Gasteiger partial charge in [0, 0.05) is 12.2 Å². The minimum atomic E-state index is -0.242. The molecule has 1 unspecified atom stereocenters. The summed E-state index contributed by atoms with van der Waals surface area (Å²) in [7, 11) is 0. The predicted molar refractivity (Wildman–Crippen MR) is 98.5 cm³/mol. The van der Waals surface area contributed by atoms with Gasteiger partial charge in [0.25, 0.3) is 0 Å². The summed E-state index contributed by atoms with van der Waals surface area (Å²) in [6.07, 6.45) is 2.09. The van der Waals surface area contributed by atoms with Crippen molar-refractivity contribution in [1.82, 2.24) is 4.90 Å².